The number of aliphatic imine (C=N–C) groups is 1. The van der Waals surface area contributed by atoms with Crippen LogP contribution in [-0.2, 0) is 11.2 Å². The predicted molar refractivity (Wildman–Crippen MR) is 62.0 cm³/mol. The van der Waals surface area contributed by atoms with E-state index in [2.05, 4.69) is 37.9 Å². The Labute approximate surface area is 91.0 Å². The summed E-state index contributed by atoms with van der Waals surface area (Å²) >= 11 is 0. The lowest BCUT2D eigenvalue weighted by atomic mass is 9.96. The van der Waals surface area contributed by atoms with Crippen LogP contribution in [0.2, 0.25) is 0 Å². The van der Waals surface area contributed by atoms with E-state index in [1.165, 1.54) is 22.3 Å². The molecule has 2 heteroatoms. The van der Waals surface area contributed by atoms with Crippen LogP contribution in [0.3, 0.4) is 0 Å². The van der Waals surface area contributed by atoms with E-state index in [4.69, 9.17) is 0 Å². The van der Waals surface area contributed by atoms with Crippen LogP contribution in [0.5, 0.6) is 0 Å². The summed E-state index contributed by atoms with van der Waals surface area (Å²) in [5.74, 6) is 0. The van der Waals surface area contributed by atoms with Crippen molar-refractivity contribution in [3.05, 3.63) is 34.4 Å². The summed E-state index contributed by atoms with van der Waals surface area (Å²) in [6.45, 7) is 6.97. The highest BCUT2D eigenvalue weighted by molar-refractivity contribution is 5.37. The number of benzene rings is 1. The standard InChI is InChI=1S/C13H17NO/c1-10-7-11(2)13(12(3)8-10)5-4-6-14-9-15/h7-8H,4-6H2,1-3H3. The molecule has 1 aromatic rings. The molecule has 80 valence electrons. The molecule has 1 rings (SSSR count). The lowest BCUT2D eigenvalue weighted by Crippen LogP contribution is -1.96. The van der Waals surface area contributed by atoms with Crippen molar-refractivity contribution in [2.75, 3.05) is 6.54 Å². The Balaban J connectivity index is 2.72. The van der Waals surface area contributed by atoms with E-state index < -0.39 is 0 Å². The van der Waals surface area contributed by atoms with Crippen molar-refractivity contribution in [3.8, 4) is 0 Å². The minimum absolute atomic E-state index is 0.580. The van der Waals surface area contributed by atoms with Crippen molar-refractivity contribution in [1.29, 1.82) is 0 Å². The SMILES string of the molecule is Cc1cc(C)c(CCCN=C=O)c(C)c1. The number of hydrogen-bond acceptors (Lipinski definition) is 2. The van der Waals surface area contributed by atoms with Gasteiger partial charge in [0.25, 0.3) is 0 Å². The number of hydrogen-bond donors (Lipinski definition) is 0. The number of isocyanates is 1. The molecule has 0 unspecified atom stereocenters. The van der Waals surface area contributed by atoms with Gasteiger partial charge >= 0.3 is 0 Å². The molecule has 2 nitrogen and oxygen atoms in total. The summed E-state index contributed by atoms with van der Waals surface area (Å²) in [4.78, 5) is 13.5. The molecule has 0 saturated carbocycles. The third-order valence-electron chi connectivity index (χ3n) is 2.60. The fraction of sp³-hybridized carbons (Fsp3) is 0.462. The van der Waals surface area contributed by atoms with Gasteiger partial charge in [0.2, 0.25) is 6.08 Å². The van der Waals surface area contributed by atoms with Crippen molar-refractivity contribution in [2.24, 2.45) is 4.99 Å². The quantitative estimate of drug-likeness (QED) is 0.420. The van der Waals surface area contributed by atoms with Gasteiger partial charge in [0.15, 0.2) is 0 Å². The second kappa shape index (κ2) is 5.47. The highest BCUT2D eigenvalue weighted by atomic mass is 16.1. The van der Waals surface area contributed by atoms with E-state index in [0.29, 0.717) is 6.54 Å². The topological polar surface area (TPSA) is 29.4 Å². The molecule has 0 aliphatic rings. The highest BCUT2D eigenvalue weighted by Gasteiger charge is 2.02. The van der Waals surface area contributed by atoms with Crippen molar-refractivity contribution >= 4 is 6.08 Å². The largest absolute Gasteiger partial charge is 0.234 e. The molecule has 15 heavy (non-hydrogen) atoms. The second-order valence-electron chi connectivity index (χ2n) is 3.95. The summed E-state index contributed by atoms with van der Waals surface area (Å²) in [5, 5.41) is 0. The van der Waals surface area contributed by atoms with Gasteiger partial charge in [-0.1, -0.05) is 17.7 Å². The van der Waals surface area contributed by atoms with Crippen molar-refractivity contribution in [2.45, 2.75) is 33.6 Å². The van der Waals surface area contributed by atoms with Crippen LogP contribution < -0.4 is 0 Å². The maximum Gasteiger partial charge on any atom is 0.234 e. The maximum atomic E-state index is 9.90. The predicted octanol–water partition coefficient (Wildman–Crippen LogP) is 2.88. The number of carbonyl (C=O) groups excluding carboxylic acids is 1. The van der Waals surface area contributed by atoms with Crippen molar-refractivity contribution in [1.82, 2.24) is 0 Å². The fourth-order valence-corrected chi connectivity index (χ4v) is 1.98. The average Bonchev–Trinajstić information content (AvgIpc) is 2.15. The summed E-state index contributed by atoms with van der Waals surface area (Å²) in [6.07, 6.45) is 3.47. The normalized spacial score (nSPS) is 9.80. The van der Waals surface area contributed by atoms with Crippen LogP contribution in [0.1, 0.15) is 28.7 Å². The molecule has 1 aromatic carbocycles. The molecule has 0 aliphatic carbocycles. The van der Waals surface area contributed by atoms with Crippen molar-refractivity contribution in [3.63, 3.8) is 0 Å². The molecule has 0 fully saturated rings. The molecule has 0 aliphatic heterocycles. The molecular weight excluding hydrogens is 186 g/mol. The minimum Gasteiger partial charge on any atom is -0.211 e. The Kier molecular flexibility index (Phi) is 4.26. The minimum atomic E-state index is 0.580. The van der Waals surface area contributed by atoms with E-state index in [0.717, 1.165) is 12.8 Å². The summed E-state index contributed by atoms with van der Waals surface area (Å²) in [5.41, 5.74) is 5.37. The molecule has 0 N–H and O–H groups in total. The Hall–Kier alpha value is -1.40. The number of rotatable bonds is 4. The van der Waals surface area contributed by atoms with Gasteiger partial charge in [-0.2, -0.15) is 0 Å². The monoisotopic (exact) mass is 203 g/mol. The smallest absolute Gasteiger partial charge is 0.211 e. The van der Waals surface area contributed by atoms with Crippen molar-refractivity contribution < 1.29 is 4.79 Å². The van der Waals surface area contributed by atoms with Gasteiger partial charge in [0.1, 0.15) is 0 Å². The fourth-order valence-electron chi connectivity index (χ4n) is 1.98. The zero-order chi connectivity index (χ0) is 11.3. The van der Waals surface area contributed by atoms with E-state index in [9.17, 15) is 4.79 Å². The zero-order valence-electron chi connectivity index (χ0n) is 9.63. The third-order valence-corrected chi connectivity index (χ3v) is 2.60. The highest BCUT2D eigenvalue weighted by Crippen LogP contribution is 2.17. The summed E-state index contributed by atoms with van der Waals surface area (Å²) in [7, 11) is 0. The van der Waals surface area contributed by atoms with Gasteiger partial charge in [0, 0.05) is 0 Å². The zero-order valence-corrected chi connectivity index (χ0v) is 9.63. The van der Waals surface area contributed by atoms with Crippen LogP contribution in [0.15, 0.2) is 17.1 Å². The van der Waals surface area contributed by atoms with Crippen LogP contribution in [0.25, 0.3) is 0 Å². The average molecular weight is 203 g/mol. The van der Waals surface area contributed by atoms with Crippen LogP contribution in [0.4, 0.5) is 0 Å². The molecule has 0 spiro atoms. The molecular formula is C13H17NO. The first-order valence-electron chi connectivity index (χ1n) is 5.25. The van der Waals surface area contributed by atoms with Gasteiger partial charge in [-0.05, 0) is 50.3 Å². The first-order chi connectivity index (χ1) is 7.15. The number of aryl methyl sites for hydroxylation is 3. The van der Waals surface area contributed by atoms with Gasteiger partial charge in [-0.3, -0.25) is 0 Å². The van der Waals surface area contributed by atoms with E-state index in [1.54, 1.807) is 6.08 Å². The molecule has 0 heterocycles. The number of nitrogens with zero attached hydrogens (tertiary/aromatic N) is 1. The Bertz CT molecular complexity index is 367. The Morgan fingerprint density at radius 1 is 1.20 bits per heavy atom. The molecule has 0 radical (unpaired) electrons. The second-order valence-corrected chi connectivity index (χ2v) is 3.95. The van der Waals surface area contributed by atoms with Gasteiger partial charge in [-0.25, -0.2) is 9.79 Å². The Morgan fingerprint density at radius 2 is 1.80 bits per heavy atom. The maximum absolute atomic E-state index is 9.90. The Morgan fingerprint density at radius 3 is 2.33 bits per heavy atom. The van der Waals surface area contributed by atoms with Crippen LogP contribution >= 0.6 is 0 Å². The molecule has 0 bridgehead atoms. The molecule has 0 amide bonds. The lowest BCUT2D eigenvalue weighted by molar-refractivity contribution is 0.562. The van der Waals surface area contributed by atoms with E-state index in [1.807, 2.05) is 0 Å². The van der Waals surface area contributed by atoms with Gasteiger partial charge < -0.3 is 0 Å². The van der Waals surface area contributed by atoms with E-state index >= 15 is 0 Å². The summed E-state index contributed by atoms with van der Waals surface area (Å²) in [6, 6.07) is 4.40. The van der Waals surface area contributed by atoms with Gasteiger partial charge in [0.05, 0.1) is 6.54 Å². The van der Waals surface area contributed by atoms with E-state index in [-0.39, 0.29) is 0 Å². The molecule has 0 atom stereocenters. The van der Waals surface area contributed by atoms with Crippen LogP contribution in [0, 0.1) is 20.8 Å². The van der Waals surface area contributed by atoms with Gasteiger partial charge in [-0.15, -0.1) is 0 Å². The molecule has 0 aromatic heterocycles. The third kappa shape index (κ3) is 3.34. The lowest BCUT2D eigenvalue weighted by Gasteiger charge is -2.10. The van der Waals surface area contributed by atoms with Crippen LogP contribution in [-0.4, -0.2) is 12.6 Å². The summed E-state index contributed by atoms with van der Waals surface area (Å²) < 4.78 is 0. The first kappa shape index (κ1) is 11.7. The first-order valence-corrected chi connectivity index (χ1v) is 5.25. The molecule has 0 saturated heterocycles.